The normalized spacial score (nSPS) is 10.6. The number of thiazole rings is 1. The minimum Gasteiger partial charge on any atom is -0.496 e. The van der Waals surface area contributed by atoms with Crippen molar-refractivity contribution in [1.82, 2.24) is 10.3 Å². The number of hydrogen-bond donors (Lipinski definition) is 1. The van der Waals surface area contributed by atoms with Gasteiger partial charge in [-0.05, 0) is 31.2 Å². The molecule has 2 aromatic rings. The summed E-state index contributed by atoms with van der Waals surface area (Å²) in [6.45, 7) is 5.93. The molecule has 3 nitrogen and oxygen atoms in total. The van der Waals surface area contributed by atoms with Crippen molar-refractivity contribution in [1.29, 1.82) is 0 Å². The van der Waals surface area contributed by atoms with E-state index in [1.807, 2.05) is 6.07 Å². The van der Waals surface area contributed by atoms with Crippen molar-refractivity contribution in [3.05, 3.63) is 34.8 Å². The summed E-state index contributed by atoms with van der Waals surface area (Å²) in [4.78, 5) is 4.63. The van der Waals surface area contributed by atoms with Crippen molar-refractivity contribution < 1.29 is 4.74 Å². The Bertz CT molecular complexity index is 522. The van der Waals surface area contributed by atoms with Crippen LogP contribution in [-0.2, 0) is 6.54 Å². The summed E-state index contributed by atoms with van der Waals surface area (Å²) in [7, 11) is 1.70. The Hall–Kier alpha value is -1.39. The maximum Gasteiger partial charge on any atom is 0.129 e. The van der Waals surface area contributed by atoms with Gasteiger partial charge in [0.1, 0.15) is 10.8 Å². The molecule has 0 atom stereocenters. The zero-order chi connectivity index (χ0) is 13.0. The Kier molecular flexibility index (Phi) is 4.33. The van der Waals surface area contributed by atoms with Crippen LogP contribution in [0.5, 0.6) is 5.75 Å². The second kappa shape index (κ2) is 5.98. The molecule has 0 saturated carbocycles. The zero-order valence-corrected chi connectivity index (χ0v) is 11.8. The van der Waals surface area contributed by atoms with Gasteiger partial charge in [0, 0.05) is 11.9 Å². The molecule has 1 N–H and O–H groups in total. The second-order valence-electron chi connectivity index (χ2n) is 4.13. The van der Waals surface area contributed by atoms with Gasteiger partial charge in [-0.1, -0.05) is 13.0 Å². The number of aromatic nitrogens is 1. The maximum atomic E-state index is 5.42. The molecule has 0 bridgehead atoms. The van der Waals surface area contributed by atoms with E-state index in [-0.39, 0.29) is 0 Å². The summed E-state index contributed by atoms with van der Waals surface area (Å²) < 4.78 is 5.42. The van der Waals surface area contributed by atoms with Gasteiger partial charge in [-0.15, -0.1) is 11.3 Å². The number of aryl methyl sites for hydroxylation is 1. The smallest absolute Gasteiger partial charge is 0.129 e. The molecule has 0 radical (unpaired) electrons. The largest absolute Gasteiger partial charge is 0.496 e. The Morgan fingerprint density at radius 2 is 2.22 bits per heavy atom. The van der Waals surface area contributed by atoms with E-state index >= 15 is 0 Å². The van der Waals surface area contributed by atoms with Gasteiger partial charge in [-0.3, -0.25) is 0 Å². The van der Waals surface area contributed by atoms with E-state index in [1.54, 1.807) is 18.4 Å². The Morgan fingerprint density at radius 1 is 1.39 bits per heavy atom. The van der Waals surface area contributed by atoms with E-state index in [0.717, 1.165) is 35.1 Å². The number of nitrogens with zero attached hydrogens (tertiary/aromatic N) is 1. The Morgan fingerprint density at radius 3 is 2.94 bits per heavy atom. The van der Waals surface area contributed by atoms with E-state index in [0.29, 0.717) is 0 Å². The molecule has 1 aromatic heterocycles. The molecule has 2 rings (SSSR count). The average Bonchev–Trinajstić information content (AvgIpc) is 2.84. The second-order valence-corrected chi connectivity index (χ2v) is 4.99. The van der Waals surface area contributed by atoms with Crippen molar-refractivity contribution in [2.24, 2.45) is 0 Å². The Balaban J connectivity index is 2.28. The molecule has 0 unspecified atom stereocenters. The van der Waals surface area contributed by atoms with E-state index in [1.165, 1.54) is 5.56 Å². The summed E-state index contributed by atoms with van der Waals surface area (Å²) in [5.74, 6) is 0.888. The quantitative estimate of drug-likeness (QED) is 0.898. The highest BCUT2D eigenvalue weighted by Gasteiger charge is 2.10. The molecular weight excluding hydrogens is 244 g/mol. The van der Waals surface area contributed by atoms with E-state index in [2.05, 4.69) is 41.7 Å². The lowest BCUT2D eigenvalue weighted by molar-refractivity contribution is 0.416. The summed E-state index contributed by atoms with van der Waals surface area (Å²) in [5.41, 5.74) is 3.34. The SMILES string of the molecule is CCNCc1csc(-c2ccc(C)cc2OC)n1. The summed E-state index contributed by atoms with van der Waals surface area (Å²) in [5, 5.41) is 6.39. The predicted octanol–water partition coefficient (Wildman–Crippen LogP) is 3.24. The van der Waals surface area contributed by atoms with Crippen molar-refractivity contribution >= 4 is 11.3 Å². The van der Waals surface area contributed by atoms with Crippen LogP contribution in [0.4, 0.5) is 0 Å². The first kappa shape index (κ1) is 13.1. The third-order valence-electron chi connectivity index (χ3n) is 2.70. The van der Waals surface area contributed by atoms with Crippen LogP contribution >= 0.6 is 11.3 Å². The number of benzene rings is 1. The van der Waals surface area contributed by atoms with Crippen LogP contribution in [0.25, 0.3) is 10.6 Å². The lowest BCUT2D eigenvalue weighted by atomic mass is 10.1. The number of hydrogen-bond acceptors (Lipinski definition) is 4. The van der Waals surface area contributed by atoms with Gasteiger partial charge in [0.05, 0.1) is 18.4 Å². The van der Waals surface area contributed by atoms with Gasteiger partial charge < -0.3 is 10.1 Å². The van der Waals surface area contributed by atoms with Crippen LogP contribution in [0.15, 0.2) is 23.6 Å². The van der Waals surface area contributed by atoms with Crippen LogP contribution in [0, 0.1) is 6.92 Å². The highest BCUT2D eigenvalue weighted by atomic mass is 32.1. The highest BCUT2D eigenvalue weighted by molar-refractivity contribution is 7.13. The molecule has 1 heterocycles. The minimum atomic E-state index is 0.821. The average molecular weight is 262 g/mol. The van der Waals surface area contributed by atoms with Gasteiger partial charge >= 0.3 is 0 Å². The predicted molar refractivity (Wildman–Crippen MR) is 76.2 cm³/mol. The molecular formula is C14H18N2OS. The fourth-order valence-electron chi connectivity index (χ4n) is 1.74. The molecule has 0 amide bonds. The summed E-state index contributed by atoms with van der Waals surface area (Å²) in [6, 6.07) is 6.20. The van der Waals surface area contributed by atoms with Gasteiger partial charge in [0.15, 0.2) is 0 Å². The lowest BCUT2D eigenvalue weighted by Gasteiger charge is -2.06. The third kappa shape index (κ3) is 2.89. The van der Waals surface area contributed by atoms with Crippen molar-refractivity contribution in [3.8, 4) is 16.3 Å². The zero-order valence-electron chi connectivity index (χ0n) is 11.0. The summed E-state index contributed by atoms with van der Waals surface area (Å²) in [6.07, 6.45) is 0. The molecule has 0 aliphatic rings. The van der Waals surface area contributed by atoms with Gasteiger partial charge in [0.25, 0.3) is 0 Å². The molecule has 18 heavy (non-hydrogen) atoms. The molecule has 4 heteroatoms. The van der Waals surface area contributed by atoms with Crippen LogP contribution in [0.2, 0.25) is 0 Å². The first-order valence-corrected chi connectivity index (χ1v) is 6.92. The van der Waals surface area contributed by atoms with Crippen molar-refractivity contribution in [2.75, 3.05) is 13.7 Å². The van der Waals surface area contributed by atoms with Gasteiger partial charge in [-0.2, -0.15) is 0 Å². The fourth-order valence-corrected chi connectivity index (χ4v) is 2.59. The van der Waals surface area contributed by atoms with Crippen molar-refractivity contribution in [2.45, 2.75) is 20.4 Å². The van der Waals surface area contributed by atoms with Crippen LogP contribution in [0.3, 0.4) is 0 Å². The number of methoxy groups -OCH3 is 1. The van der Waals surface area contributed by atoms with E-state index < -0.39 is 0 Å². The topological polar surface area (TPSA) is 34.1 Å². The first-order chi connectivity index (χ1) is 8.74. The Labute approximate surface area is 112 Å². The highest BCUT2D eigenvalue weighted by Crippen LogP contribution is 2.32. The van der Waals surface area contributed by atoms with Crippen LogP contribution < -0.4 is 10.1 Å². The monoisotopic (exact) mass is 262 g/mol. The number of ether oxygens (including phenoxy) is 1. The molecule has 96 valence electrons. The molecule has 0 aliphatic carbocycles. The van der Waals surface area contributed by atoms with Crippen LogP contribution in [0.1, 0.15) is 18.2 Å². The molecule has 0 fully saturated rings. The minimum absolute atomic E-state index is 0.821. The standard InChI is InChI=1S/C14H18N2OS/c1-4-15-8-11-9-18-14(16-11)12-6-5-10(2)7-13(12)17-3/h5-7,9,15H,4,8H2,1-3H3. The fraction of sp³-hybridized carbons (Fsp3) is 0.357. The first-order valence-electron chi connectivity index (χ1n) is 6.04. The lowest BCUT2D eigenvalue weighted by Crippen LogP contribution is -2.11. The van der Waals surface area contributed by atoms with Gasteiger partial charge in [0.2, 0.25) is 0 Å². The van der Waals surface area contributed by atoms with E-state index in [4.69, 9.17) is 4.74 Å². The molecule has 0 saturated heterocycles. The number of rotatable bonds is 5. The van der Waals surface area contributed by atoms with Crippen LogP contribution in [-0.4, -0.2) is 18.6 Å². The molecule has 1 aromatic carbocycles. The van der Waals surface area contributed by atoms with Crippen molar-refractivity contribution in [3.63, 3.8) is 0 Å². The number of nitrogens with one attached hydrogen (secondary N) is 1. The molecule has 0 spiro atoms. The summed E-state index contributed by atoms with van der Waals surface area (Å²) >= 11 is 1.66. The third-order valence-corrected chi connectivity index (χ3v) is 3.62. The van der Waals surface area contributed by atoms with E-state index in [9.17, 15) is 0 Å². The maximum absolute atomic E-state index is 5.42. The molecule has 0 aliphatic heterocycles. The van der Waals surface area contributed by atoms with Gasteiger partial charge in [-0.25, -0.2) is 4.98 Å².